The fraction of sp³-hybridized carbons (Fsp3) is 0.0714. The van der Waals surface area contributed by atoms with Crippen LogP contribution in [0.3, 0.4) is 0 Å². The molecule has 0 saturated heterocycles. The van der Waals surface area contributed by atoms with Crippen LogP contribution >= 0.6 is 11.3 Å². The highest BCUT2D eigenvalue weighted by Crippen LogP contribution is 2.16. The third-order valence-corrected chi connectivity index (χ3v) is 5.68. The highest BCUT2D eigenvalue weighted by molar-refractivity contribution is 7.91. The lowest BCUT2D eigenvalue weighted by atomic mass is 10.3. The molecule has 0 aliphatic rings. The molecule has 1 N–H and O–H groups in total. The minimum absolute atomic E-state index is 0.215. The molecule has 2 heterocycles. The van der Waals surface area contributed by atoms with Crippen molar-refractivity contribution < 1.29 is 8.42 Å². The maximum atomic E-state index is 12.0. The minimum atomic E-state index is -3.44. The predicted molar refractivity (Wildman–Crippen MR) is 81.9 cm³/mol. The summed E-state index contributed by atoms with van der Waals surface area (Å²) in [7, 11) is -3.44. The number of rotatable bonds is 5. The van der Waals surface area contributed by atoms with E-state index in [0.29, 0.717) is 4.21 Å². The minimum Gasteiger partial charge on any atom is -0.241 e. The zero-order valence-electron chi connectivity index (χ0n) is 11.0. The molecule has 0 unspecified atom stereocenters. The Labute approximate surface area is 126 Å². The van der Waals surface area contributed by atoms with Gasteiger partial charge in [0.25, 0.3) is 0 Å². The van der Waals surface area contributed by atoms with Crippen molar-refractivity contribution in [3.8, 4) is 5.69 Å². The molecule has 3 rings (SSSR count). The maximum absolute atomic E-state index is 12.0. The van der Waals surface area contributed by atoms with Crippen LogP contribution in [0, 0.1) is 0 Å². The second kappa shape index (κ2) is 5.80. The molecule has 5 nitrogen and oxygen atoms in total. The van der Waals surface area contributed by atoms with Gasteiger partial charge in [0.1, 0.15) is 4.21 Å². The Morgan fingerprint density at radius 3 is 2.67 bits per heavy atom. The number of nitrogens with one attached hydrogen (secondary N) is 1. The third kappa shape index (κ3) is 3.21. The van der Waals surface area contributed by atoms with Crippen molar-refractivity contribution in [3.63, 3.8) is 0 Å². The molecule has 3 aromatic rings. The van der Waals surface area contributed by atoms with Crippen LogP contribution in [0.2, 0.25) is 0 Å². The normalized spacial score (nSPS) is 11.6. The van der Waals surface area contributed by atoms with Crippen molar-refractivity contribution in [2.75, 3.05) is 0 Å². The third-order valence-electron chi connectivity index (χ3n) is 2.88. The first-order chi connectivity index (χ1) is 10.1. The number of para-hydroxylation sites is 1. The fourth-order valence-electron chi connectivity index (χ4n) is 1.84. The molecule has 0 aliphatic carbocycles. The molecule has 0 spiro atoms. The Balaban J connectivity index is 1.71. The summed E-state index contributed by atoms with van der Waals surface area (Å²) in [6.07, 6.45) is 3.47. The summed E-state index contributed by atoms with van der Waals surface area (Å²) in [5.74, 6) is 0. The lowest BCUT2D eigenvalue weighted by Gasteiger charge is -2.02. The number of nitrogens with zero attached hydrogens (tertiary/aromatic N) is 2. The second-order valence-corrected chi connectivity index (χ2v) is 7.33. The summed E-state index contributed by atoms with van der Waals surface area (Å²) in [4.78, 5) is 0. The van der Waals surface area contributed by atoms with Gasteiger partial charge in [-0.3, -0.25) is 0 Å². The Hall–Kier alpha value is -1.96. The van der Waals surface area contributed by atoms with Crippen LogP contribution in [-0.2, 0) is 16.6 Å². The average Bonchev–Trinajstić information content (AvgIpc) is 3.18. The molecule has 0 saturated carbocycles. The van der Waals surface area contributed by atoms with Gasteiger partial charge in [-0.05, 0) is 23.6 Å². The van der Waals surface area contributed by atoms with Crippen LogP contribution in [0.4, 0.5) is 0 Å². The van der Waals surface area contributed by atoms with Crippen molar-refractivity contribution in [2.45, 2.75) is 10.8 Å². The van der Waals surface area contributed by atoms with E-state index in [0.717, 1.165) is 11.3 Å². The fourth-order valence-corrected chi connectivity index (χ4v) is 3.89. The molecule has 1 aromatic carbocycles. The summed E-state index contributed by atoms with van der Waals surface area (Å²) < 4.78 is 28.6. The summed E-state index contributed by atoms with van der Waals surface area (Å²) in [5, 5.41) is 5.97. The van der Waals surface area contributed by atoms with E-state index in [4.69, 9.17) is 0 Å². The highest BCUT2D eigenvalue weighted by Gasteiger charge is 2.14. The first-order valence-corrected chi connectivity index (χ1v) is 8.63. The lowest BCUT2D eigenvalue weighted by molar-refractivity contribution is 0.583. The van der Waals surface area contributed by atoms with Gasteiger partial charge in [-0.1, -0.05) is 24.3 Å². The number of sulfonamides is 1. The van der Waals surface area contributed by atoms with E-state index in [2.05, 4.69) is 9.82 Å². The van der Waals surface area contributed by atoms with Crippen molar-refractivity contribution in [1.29, 1.82) is 0 Å². The van der Waals surface area contributed by atoms with Gasteiger partial charge in [0.2, 0.25) is 10.0 Å². The Morgan fingerprint density at radius 1 is 1.14 bits per heavy atom. The van der Waals surface area contributed by atoms with Crippen molar-refractivity contribution in [2.24, 2.45) is 0 Å². The van der Waals surface area contributed by atoms with Crippen LogP contribution in [-0.4, -0.2) is 18.2 Å². The molecular weight excluding hydrogens is 306 g/mol. The van der Waals surface area contributed by atoms with Gasteiger partial charge in [0.05, 0.1) is 11.9 Å². The number of thiophene rings is 1. The molecule has 2 aromatic heterocycles. The van der Waals surface area contributed by atoms with Crippen LogP contribution < -0.4 is 4.72 Å². The van der Waals surface area contributed by atoms with Crippen molar-refractivity contribution in [1.82, 2.24) is 14.5 Å². The van der Waals surface area contributed by atoms with E-state index in [1.807, 2.05) is 36.5 Å². The lowest BCUT2D eigenvalue weighted by Crippen LogP contribution is -2.22. The zero-order chi connectivity index (χ0) is 14.7. The van der Waals surface area contributed by atoms with Gasteiger partial charge in [0.15, 0.2) is 0 Å². The van der Waals surface area contributed by atoms with Crippen molar-refractivity contribution >= 4 is 21.4 Å². The summed E-state index contributed by atoms with van der Waals surface area (Å²) in [6, 6.07) is 13.0. The number of hydrogen-bond acceptors (Lipinski definition) is 4. The molecule has 0 aliphatic heterocycles. The molecule has 0 radical (unpaired) electrons. The van der Waals surface area contributed by atoms with E-state index in [1.165, 1.54) is 11.3 Å². The van der Waals surface area contributed by atoms with E-state index in [-0.39, 0.29) is 6.54 Å². The first-order valence-electron chi connectivity index (χ1n) is 6.27. The number of benzene rings is 1. The van der Waals surface area contributed by atoms with Crippen molar-refractivity contribution in [3.05, 3.63) is 65.8 Å². The highest BCUT2D eigenvalue weighted by atomic mass is 32.2. The van der Waals surface area contributed by atoms with E-state index in [9.17, 15) is 8.42 Å². The standard InChI is InChI=1S/C14H13N3O2S2/c18-21(19,14-7-4-8-20-14)16-10-12-9-15-17(11-12)13-5-2-1-3-6-13/h1-9,11,16H,10H2. The largest absolute Gasteiger partial charge is 0.250 e. The van der Waals surface area contributed by atoms with E-state index in [1.54, 1.807) is 28.4 Å². The van der Waals surface area contributed by atoms with Crippen LogP contribution in [0.25, 0.3) is 5.69 Å². The Kier molecular flexibility index (Phi) is 3.87. The Morgan fingerprint density at radius 2 is 1.95 bits per heavy atom. The van der Waals surface area contributed by atoms with Gasteiger partial charge in [-0.15, -0.1) is 11.3 Å². The molecule has 0 fully saturated rings. The molecule has 0 amide bonds. The quantitative estimate of drug-likeness (QED) is 0.785. The first kappa shape index (κ1) is 14.0. The second-order valence-electron chi connectivity index (χ2n) is 4.39. The predicted octanol–water partition coefficient (Wildman–Crippen LogP) is 2.41. The Bertz CT molecular complexity index is 809. The van der Waals surface area contributed by atoms with Crippen LogP contribution in [0.1, 0.15) is 5.56 Å². The molecule has 7 heteroatoms. The van der Waals surface area contributed by atoms with Gasteiger partial charge < -0.3 is 0 Å². The van der Waals surface area contributed by atoms with Crippen LogP contribution in [0.5, 0.6) is 0 Å². The SMILES string of the molecule is O=S(=O)(NCc1cnn(-c2ccccc2)c1)c1cccs1. The summed E-state index contributed by atoms with van der Waals surface area (Å²) in [5.41, 5.74) is 1.74. The average molecular weight is 319 g/mol. The monoisotopic (exact) mass is 319 g/mol. The maximum Gasteiger partial charge on any atom is 0.250 e. The van der Waals surface area contributed by atoms with Gasteiger partial charge in [-0.25, -0.2) is 17.8 Å². The number of hydrogen-bond donors (Lipinski definition) is 1. The number of aromatic nitrogens is 2. The van der Waals surface area contributed by atoms with E-state index >= 15 is 0 Å². The van der Waals surface area contributed by atoms with E-state index < -0.39 is 10.0 Å². The summed E-state index contributed by atoms with van der Waals surface area (Å²) >= 11 is 1.20. The van der Waals surface area contributed by atoms with Crippen LogP contribution in [0.15, 0.2) is 64.4 Å². The molecule has 0 atom stereocenters. The molecule has 108 valence electrons. The van der Waals surface area contributed by atoms with Gasteiger partial charge in [0, 0.05) is 18.3 Å². The summed E-state index contributed by atoms with van der Waals surface area (Å²) in [6.45, 7) is 0.215. The smallest absolute Gasteiger partial charge is 0.241 e. The van der Waals surface area contributed by atoms with Gasteiger partial charge >= 0.3 is 0 Å². The molecule has 21 heavy (non-hydrogen) atoms. The zero-order valence-corrected chi connectivity index (χ0v) is 12.6. The van der Waals surface area contributed by atoms with Gasteiger partial charge in [-0.2, -0.15) is 5.10 Å². The molecular formula is C14H13N3O2S2. The molecule has 0 bridgehead atoms. The topological polar surface area (TPSA) is 64.0 Å².